The van der Waals surface area contributed by atoms with Gasteiger partial charge >= 0.3 is 0 Å². The van der Waals surface area contributed by atoms with Gasteiger partial charge in [-0.05, 0) is 40.7 Å². The van der Waals surface area contributed by atoms with Crippen molar-refractivity contribution in [2.45, 2.75) is 58.0 Å². The van der Waals surface area contributed by atoms with E-state index in [2.05, 4.69) is 44.3 Å². The predicted molar refractivity (Wildman–Crippen MR) is 80.3 cm³/mol. The molecular formula is C13H19N7OS. The number of hydrogen-bond acceptors (Lipinski definition) is 7. The smallest absolute Gasteiger partial charge is 0.231 e. The molecule has 1 amide bonds. The highest BCUT2D eigenvalue weighted by molar-refractivity contribution is 7.05. The van der Waals surface area contributed by atoms with Crippen LogP contribution in [-0.2, 0) is 17.9 Å². The SMILES string of the molecule is CC(C)c1nnsc1CNC(=O)[C@H]1CCCCn2nnnc21. The Hall–Kier alpha value is -1.90. The van der Waals surface area contributed by atoms with Crippen LogP contribution in [0.3, 0.4) is 0 Å². The molecule has 2 aromatic heterocycles. The molecule has 0 aliphatic carbocycles. The number of amides is 1. The number of nitrogens with zero attached hydrogens (tertiary/aromatic N) is 6. The molecule has 3 rings (SSSR count). The van der Waals surface area contributed by atoms with Gasteiger partial charge in [-0.15, -0.1) is 10.2 Å². The lowest BCUT2D eigenvalue weighted by molar-refractivity contribution is -0.123. The van der Waals surface area contributed by atoms with Crippen LogP contribution in [0.1, 0.15) is 61.3 Å². The number of nitrogens with one attached hydrogen (secondary N) is 1. The molecule has 0 bridgehead atoms. The van der Waals surface area contributed by atoms with Gasteiger partial charge in [0.1, 0.15) is 0 Å². The van der Waals surface area contributed by atoms with Crippen LogP contribution in [0.5, 0.6) is 0 Å². The number of carbonyl (C=O) groups is 1. The van der Waals surface area contributed by atoms with Crippen LogP contribution in [-0.4, -0.2) is 35.7 Å². The van der Waals surface area contributed by atoms with Crippen molar-refractivity contribution >= 4 is 17.4 Å². The summed E-state index contributed by atoms with van der Waals surface area (Å²) < 4.78 is 5.72. The van der Waals surface area contributed by atoms with Gasteiger partial charge in [-0.2, -0.15) is 0 Å². The van der Waals surface area contributed by atoms with Gasteiger partial charge in [0.05, 0.1) is 23.0 Å². The minimum Gasteiger partial charge on any atom is -0.350 e. The summed E-state index contributed by atoms with van der Waals surface area (Å²) in [5.74, 6) is 0.666. The zero-order valence-corrected chi connectivity index (χ0v) is 13.5. The van der Waals surface area contributed by atoms with Gasteiger partial charge in [-0.1, -0.05) is 24.8 Å². The quantitative estimate of drug-likeness (QED) is 0.909. The Labute approximate surface area is 132 Å². The molecule has 3 heterocycles. The van der Waals surface area contributed by atoms with Gasteiger partial charge in [0.2, 0.25) is 5.91 Å². The Morgan fingerprint density at radius 3 is 3.09 bits per heavy atom. The Morgan fingerprint density at radius 1 is 1.41 bits per heavy atom. The van der Waals surface area contributed by atoms with E-state index in [1.807, 2.05) is 0 Å². The van der Waals surface area contributed by atoms with Gasteiger partial charge in [-0.25, -0.2) is 4.68 Å². The van der Waals surface area contributed by atoms with E-state index in [0.717, 1.165) is 36.4 Å². The first-order valence-corrected chi connectivity index (χ1v) is 8.29. The van der Waals surface area contributed by atoms with Crippen molar-refractivity contribution < 1.29 is 4.79 Å². The molecule has 1 aliphatic rings. The summed E-state index contributed by atoms with van der Waals surface area (Å²) in [7, 11) is 0. The summed E-state index contributed by atoms with van der Waals surface area (Å²) in [5.41, 5.74) is 0.955. The van der Waals surface area contributed by atoms with E-state index in [0.29, 0.717) is 18.3 Å². The van der Waals surface area contributed by atoms with E-state index in [1.165, 1.54) is 11.5 Å². The maximum atomic E-state index is 12.5. The lowest BCUT2D eigenvalue weighted by Gasteiger charge is -2.13. The zero-order chi connectivity index (χ0) is 15.5. The fraction of sp³-hybridized carbons (Fsp3) is 0.692. The van der Waals surface area contributed by atoms with Gasteiger partial charge in [0, 0.05) is 6.54 Å². The van der Waals surface area contributed by atoms with Gasteiger partial charge in [0.15, 0.2) is 5.82 Å². The highest BCUT2D eigenvalue weighted by atomic mass is 32.1. The third-order valence-corrected chi connectivity index (χ3v) is 4.59. The standard InChI is InChI=1S/C13H19N7OS/c1-8(2)11-10(22-19-15-11)7-14-13(21)9-5-3-4-6-20-12(9)16-17-18-20/h8-9H,3-7H2,1-2H3,(H,14,21)/t9-/m0/s1. The fourth-order valence-electron chi connectivity index (χ4n) is 2.67. The Balaban J connectivity index is 1.69. The second-order valence-electron chi connectivity index (χ2n) is 5.76. The summed E-state index contributed by atoms with van der Waals surface area (Å²) in [4.78, 5) is 13.5. The molecule has 1 atom stereocenters. The lowest BCUT2D eigenvalue weighted by atomic mass is 10.0. The van der Waals surface area contributed by atoms with Crippen molar-refractivity contribution in [3.05, 3.63) is 16.4 Å². The maximum Gasteiger partial charge on any atom is 0.231 e. The summed E-state index contributed by atoms with van der Waals surface area (Å²) >= 11 is 1.34. The zero-order valence-electron chi connectivity index (χ0n) is 12.7. The second-order valence-corrected chi connectivity index (χ2v) is 6.60. The average Bonchev–Trinajstić information content (AvgIpc) is 3.10. The van der Waals surface area contributed by atoms with Crippen molar-refractivity contribution in [2.24, 2.45) is 0 Å². The molecule has 0 fully saturated rings. The predicted octanol–water partition coefficient (Wildman–Crippen LogP) is 1.23. The first-order valence-electron chi connectivity index (χ1n) is 7.51. The van der Waals surface area contributed by atoms with Gasteiger partial charge in [0.25, 0.3) is 0 Å². The van der Waals surface area contributed by atoms with Crippen LogP contribution in [0.4, 0.5) is 0 Å². The van der Waals surface area contributed by atoms with E-state index >= 15 is 0 Å². The Bertz CT molecular complexity index is 650. The molecule has 0 radical (unpaired) electrons. The fourth-order valence-corrected chi connectivity index (χ4v) is 3.41. The molecule has 2 aromatic rings. The molecule has 0 saturated carbocycles. The summed E-state index contributed by atoms with van der Waals surface area (Å²) in [6.07, 6.45) is 2.77. The van der Waals surface area contributed by atoms with Crippen molar-refractivity contribution in [1.82, 2.24) is 35.1 Å². The molecule has 1 aliphatic heterocycles. The minimum atomic E-state index is -0.277. The molecule has 22 heavy (non-hydrogen) atoms. The molecule has 8 nitrogen and oxygen atoms in total. The molecule has 9 heteroatoms. The van der Waals surface area contributed by atoms with Crippen LogP contribution in [0.15, 0.2) is 0 Å². The normalized spacial score (nSPS) is 18.0. The van der Waals surface area contributed by atoms with Crippen molar-refractivity contribution in [1.29, 1.82) is 0 Å². The lowest BCUT2D eigenvalue weighted by Crippen LogP contribution is -2.30. The Kier molecular flexibility index (Phi) is 4.41. The van der Waals surface area contributed by atoms with E-state index in [-0.39, 0.29) is 11.8 Å². The van der Waals surface area contributed by atoms with Crippen molar-refractivity contribution in [2.75, 3.05) is 0 Å². The summed E-state index contributed by atoms with van der Waals surface area (Å²) in [6.45, 7) is 5.38. The molecule has 118 valence electrons. The van der Waals surface area contributed by atoms with Crippen LogP contribution in [0, 0.1) is 0 Å². The number of tetrazole rings is 1. The molecule has 0 aromatic carbocycles. The summed E-state index contributed by atoms with van der Waals surface area (Å²) in [5, 5.41) is 18.8. The third kappa shape index (κ3) is 2.99. The van der Waals surface area contributed by atoms with Crippen LogP contribution in [0.25, 0.3) is 0 Å². The highest BCUT2D eigenvalue weighted by Gasteiger charge is 2.28. The Morgan fingerprint density at radius 2 is 2.27 bits per heavy atom. The molecule has 0 spiro atoms. The molecule has 0 unspecified atom stereocenters. The highest BCUT2D eigenvalue weighted by Crippen LogP contribution is 2.25. The third-order valence-electron chi connectivity index (χ3n) is 3.86. The topological polar surface area (TPSA) is 98.5 Å². The van der Waals surface area contributed by atoms with E-state index in [1.54, 1.807) is 4.68 Å². The van der Waals surface area contributed by atoms with E-state index in [4.69, 9.17) is 0 Å². The van der Waals surface area contributed by atoms with Gasteiger partial charge in [-0.3, -0.25) is 4.79 Å². The molecular weight excluding hydrogens is 302 g/mol. The molecule has 0 saturated heterocycles. The van der Waals surface area contributed by atoms with Crippen LogP contribution >= 0.6 is 11.5 Å². The van der Waals surface area contributed by atoms with Crippen molar-refractivity contribution in [3.8, 4) is 0 Å². The number of aryl methyl sites for hydroxylation is 1. The van der Waals surface area contributed by atoms with E-state index in [9.17, 15) is 4.79 Å². The summed E-state index contributed by atoms with van der Waals surface area (Å²) in [6, 6.07) is 0. The first-order chi connectivity index (χ1) is 10.7. The number of fused-ring (bicyclic) bond motifs is 1. The number of carbonyl (C=O) groups excluding carboxylic acids is 1. The monoisotopic (exact) mass is 321 g/mol. The van der Waals surface area contributed by atoms with Crippen LogP contribution < -0.4 is 5.32 Å². The second kappa shape index (κ2) is 6.47. The number of hydrogen-bond donors (Lipinski definition) is 1. The average molecular weight is 321 g/mol. The minimum absolute atomic E-state index is 0.0268. The first kappa shape index (κ1) is 15.0. The molecule has 1 N–H and O–H groups in total. The van der Waals surface area contributed by atoms with Crippen molar-refractivity contribution in [3.63, 3.8) is 0 Å². The number of aromatic nitrogens is 6. The van der Waals surface area contributed by atoms with Gasteiger partial charge < -0.3 is 5.32 Å². The largest absolute Gasteiger partial charge is 0.350 e. The maximum absolute atomic E-state index is 12.5. The van der Waals surface area contributed by atoms with Crippen LogP contribution in [0.2, 0.25) is 0 Å². The van der Waals surface area contributed by atoms with E-state index < -0.39 is 0 Å². The number of rotatable bonds is 4.